The quantitative estimate of drug-likeness (QED) is 0.647. The van der Waals surface area contributed by atoms with E-state index in [9.17, 15) is 0 Å². The third kappa shape index (κ3) is 4.50. The highest BCUT2D eigenvalue weighted by Crippen LogP contribution is 2.25. The van der Waals surface area contributed by atoms with E-state index in [2.05, 4.69) is 26.6 Å². The summed E-state index contributed by atoms with van der Waals surface area (Å²) in [6.07, 6.45) is 10.9. The van der Waals surface area contributed by atoms with E-state index in [0.29, 0.717) is 6.04 Å². The molecule has 1 unspecified atom stereocenters. The zero-order valence-corrected chi connectivity index (χ0v) is 14.3. The van der Waals surface area contributed by atoms with Crippen LogP contribution in [0.5, 0.6) is 0 Å². The Morgan fingerprint density at radius 3 is 2.70 bits per heavy atom. The van der Waals surface area contributed by atoms with Gasteiger partial charge < -0.3 is 15.1 Å². The van der Waals surface area contributed by atoms with Crippen molar-refractivity contribution in [2.24, 2.45) is 4.99 Å². The largest absolute Gasteiger partial charge is 0.468 e. The molecular weight excluding hydrogens is 288 g/mol. The summed E-state index contributed by atoms with van der Waals surface area (Å²) in [6.45, 7) is 3.14. The molecule has 1 saturated carbocycles. The van der Waals surface area contributed by atoms with Crippen LogP contribution >= 0.6 is 0 Å². The molecule has 5 heteroatoms. The molecule has 0 spiro atoms. The van der Waals surface area contributed by atoms with Gasteiger partial charge in [0, 0.05) is 19.6 Å². The van der Waals surface area contributed by atoms with E-state index in [1.165, 1.54) is 44.9 Å². The molecular formula is C18H30N4O. The number of guanidine groups is 1. The predicted octanol–water partition coefficient (Wildman–Crippen LogP) is 2.91. The van der Waals surface area contributed by atoms with E-state index >= 15 is 0 Å². The first-order valence-corrected chi connectivity index (χ1v) is 9.11. The summed E-state index contributed by atoms with van der Waals surface area (Å²) < 4.78 is 5.68. The fourth-order valence-electron chi connectivity index (χ4n) is 3.77. The highest BCUT2D eigenvalue weighted by Gasteiger charge is 2.26. The summed E-state index contributed by atoms with van der Waals surface area (Å²) >= 11 is 0. The molecule has 23 heavy (non-hydrogen) atoms. The Morgan fingerprint density at radius 1 is 1.26 bits per heavy atom. The van der Waals surface area contributed by atoms with Crippen LogP contribution in [-0.4, -0.2) is 43.6 Å². The van der Waals surface area contributed by atoms with Gasteiger partial charge in [-0.1, -0.05) is 19.3 Å². The van der Waals surface area contributed by atoms with Gasteiger partial charge in [-0.15, -0.1) is 0 Å². The summed E-state index contributed by atoms with van der Waals surface area (Å²) in [5.41, 5.74) is 0. The van der Waals surface area contributed by atoms with E-state index in [0.717, 1.165) is 31.4 Å². The Kier molecular flexibility index (Phi) is 5.97. The molecule has 1 saturated heterocycles. The van der Waals surface area contributed by atoms with E-state index in [4.69, 9.17) is 4.42 Å². The number of nitrogens with one attached hydrogen (secondary N) is 2. The smallest absolute Gasteiger partial charge is 0.191 e. The zero-order chi connectivity index (χ0) is 15.9. The molecule has 3 rings (SSSR count). The van der Waals surface area contributed by atoms with Crippen LogP contribution in [0.25, 0.3) is 0 Å². The molecule has 0 aromatic carbocycles. The van der Waals surface area contributed by atoms with Crippen molar-refractivity contribution in [3.63, 3.8) is 0 Å². The summed E-state index contributed by atoms with van der Waals surface area (Å²) in [5, 5.41) is 7.11. The topological polar surface area (TPSA) is 52.8 Å². The SMILES string of the molecule is CN=C(NCC(c1ccco1)N1CCCC1)NC1CCCCC1. The molecule has 5 nitrogen and oxygen atoms in total. The van der Waals surface area contributed by atoms with E-state index in [1.54, 1.807) is 6.26 Å². The van der Waals surface area contributed by atoms with Crippen LogP contribution < -0.4 is 10.6 Å². The minimum Gasteiger partial charge on any atom is -0.468 e. The number of aliphatic imine (C=N–C) groups is 1. The molecule has 0 radical (unpaired) electrons. The summed E-state index contributed by atoms with van der Waals surface area (Å²) in [4.78, 5) is 6.92. The Bertz CT molecular complexity index is 473. The van der Waals surface area contributed by atoms with Crippen molar-refractivity contribution >= 4 is 5.96 Å². The molecule has 1 aromatic rings. The molecule has 1 aliphatic carbocycles. The van der Waals surface area contributed by atoms with Gasteiger partial charge in [-0.05, 0) is 50.9 Å². The lowest BCUT2D eigenvalue weighted by molar-refractivity contribution is 0.215. The lowest BCUT2D eigenvalue weighted by Crippen LogP contribution is -2.46. The Balaban J connectivity index is 1.56. The van der Waals surface area contributed by atoms with Crippen molar-refractivity contribution in [1.29, 1.82) is 0 Å². The summed E-state index contributed by atoms with van der Waals surface area (Å²) in [5.74, 6) is 1.97. The fourth-order valence-corrected chi connectivity index (χ4v) is 3.77. The number of nitrogens with zero attached hydrogens (tertiary/aromatic N) is 2. The molecule has 128 valence electrons. The molecule has 1 aromatic heterocycles. The van der Waals surface area contributed by atoms with Crippen LogP contribution in [-0.2, 0) is 0 Å². The van der Waals surface area contributed by atoms with Crippen molar-refractivity contribution < 1.29 is 4.42 Å². The van der Waals surface area contributed by atoms with Crippen molar-refractivity contribution in [3.05, 3.63) is 24.2 Å². The van der Waals surface area contributed by atoms with Crippen molar-refractivity contribution in [2.45, 2.75) is 57.0 Å². The third-order valence-corrected chi connectivity index (χ3v) is 5.09. The molecule has 1 aliphatic heterocycles. The van der Waals surface area contributed by atoms with Crippen LogP contribution in [0.15, 0.2) is 27.8 Å². The molecule has 0 bridgehead atoms. The minimum atomic E-state index is 0.289. The predicted molar refractivity (Wildman–Crippen MR) is 93.6 cm³/mol. The lowest BCUT2D eigenvalue weighted by Gasteiger charge is -2.28. The zero-order valence-electron chi connectivity index (χ0n) is 14.3. The van der Waals surface area contributed by atoms with Crippen LogP contribution in [0.2, 0.25) is 0 Å². The number of likely N-dealkylation sites (tertiary alicyclic amines) is 1. The maximum atomic E-state index is 5.68. The fraction of sp³-hybridized carbons (Fsp3) is 0.722. The van der Waals surface area contributed by atoms with Gasteiger partial charge in [-0.25, -0.2) is 0 Å². The average molecular weight is 318 g/mol. The maximum Gasteiger partial charge on any atom is 0.191 e. The van der Waals surface area contributed by atoms with E-state index in [1.807, 2.05) is 13.1 Å². The second-order valence-corrected chi connectivity index (χ2v) is 6.71. The second kappa shape index (κ2) is 8.39. The minimum absolute atomic E-state index is 0.289. The number of hydrogen-bond donors (Lipinski definition) is 2. The molecule has 0 amide bonds. The van der Waals surface area contributed by atoms with E-state index in [-0.39, 0.29) is 6.04 Å². The van der Waals surface area contributed by atoms with Gasteiger partial charge in [0.15, 0.2) is 5.96 Å². The number of rotatable bonds is 5. The van der Waals surface area contributed by atoms with Gasteiger partial charge in [0.05, 0.1) is 12.3 Å². The molecule has 1 atom stereocenters. The van der Waals surface area contributed by atoms with Crippen LogP contribution in [0, 0.1) is 0 Å². The van der Waals surface area contributed by atoms with E-state index < -0.39 is 0 Å². The third-order valence-electron chi connectivity index (χ3n) is 5.09. The second-order valence-electron chi connectivity index (χ2n) is 6.71. The average Bonchev–Trinajstić information content (AvgIpc) is 3.29. The Hall–Kier alpha value is -1.49. The highest BCUT2D eigenvalue weighted by atomic mass is 16.3. The van der Waals surface area contributed by atoms with Gasteiger partial charge in [0.2, 0.25) is 0 Å². The molecule has 2 N–H and O–H groups in total. The van der Waals surface area contributed by atoms with Gasteiger partial charge in [-0.3, -0.25) is 9.89 Å². The first-order chi connectivity index (χ1) is 11.4. The van der Waals surface area contributed by atoms with Gasteiger partial charge in [0.25, 0.3) is 0 Å². The number of hydrogen-bond acceptors (Lipinski definition) is 3. The standard InChI is InChI=1S/C18H30N4O/c1-19-18(21-15-8-3-2-4-9-15)20-14-16(17-10-7-13-23-17)22-11-5-6-12-22/h7,10,13,15-16H,2-6,8-9,11-12,14H2,1H3,(H2,19,20,21). The van der Waals surface area contributed by atoms with Crippen LogP contribution in [0.1, 0.15) is 56.7 Å². The highest BCUT2D eigenvalue weighted by molar-refractivity contribution is 5.80. The normalized spacial score (nSPS) is 22.2. The van der Waals surface area contributed by atoms with Crippen molar-refractivity contribution in [2.75, 3.05) is 26.7 Å². The molecule has 2 aliphatic rings. The van der Waals surface area contributed by atoms with Gasteiger partial charge in [0.1, 0.15) is 5.76 Å². The van der Waals surface area contributed by atoms with Crippen LogP contribution in [0.3, 0.4) is 0 Å². The summed E-state index contributed by atoms with van der Waals surface area (Å²) in [6, 6.07) is 4.93. The molecule has 2 heterocycles. The van der Waals surface area contributed by atoms with Gasteiger partial charge >= 0.3 is 0 Å². The number of furan rings is 1. The Labute approximate surface area is 139 Å². The monoisotopic (exact) mass is 318 g/mol. The maximum absolute atomic E-state index is 5.68. The lowest BCUT2D eigenvalue weighted by atomic mass is 9.96. The van der Waals surface area contributed by atoms with Crippen molar-refractivity contribution in [3.8, 4) is 0 Å². The van der Waals surface area contributed by atoms with Gasteiger partial charge in [-0.2, -0.15) is 0 Å². The first kappa shape index (κ1) is 16.4. The van der Waals surface area contributed by atoms with Crippen LogP contribution in [0.4, 0.5) is 0 Å². The first-order valence-electron chi connectivity index (χ1n) is 9.11. The van der Waals surface area contributed by atoms with Crippen molar-refractivity contribution in [1.82, 2.24) is 15.5 Å². The molecule has 2 fully saturated rings. The Morgan fingerprint density at radius 2 is 2.04 bits per heavy atom. The summed E-state index contributed by atoms with van der Waals surface area (Å²) in [7, 11) is 1.86.